The molecule has 458 valence electrons. The van der Waals surface area contributed by atoms with Crippen LogP contribution in [0.1, 0.15) is 24.6 Å². The summed E-state index contributed by atoms with van der Waals surface area (Å²) < 4.78 is 204. The molecule has 5 aliphatic rings. The Kier molecular flexibility index (Phi) is 22.0. The molecule has 0 aliphatic carbocycles. The zero-order chi connectivity index (χ0) is 59.4. The van der Waals surface area contributed by atoms with Crippen LogP contribution in [0.15, 0.2) is 20.9 Å². The molecule has 0 amide bonds. The van der Waals surface area contributed by atoms with Crippen LogP contribution in [0, 0.1) is 6.92 Å². The second kappa shape index (κ2) is 26.9. The lowest BCUT2D eigenvalue weighted by Crippen LogP contribution is -2.66. The number of aryl methyl sites for hydroxylation is 1. The predicted octanol–water partition coefficient (Wildman–Crippen LogP) is -8.38. The summed E-state index contributed by atoms with van der Waals surface area (Å²) in [4.78, 5) is 42.3. The molecule has 41 nitrogen and oxygen atoms in total. The number of H-pyrrole nitrogens is 1. The number of hydrogen-bond donors (Lipinski definition) is 12. The van der Waals surface area contributed by atoms with Crippen molar-refractivity contribution in [1.29, 1.82) is 0 Å². The maximum Gasteiger partial charge on any atom is 0.397 e. The fourth-order valence-electron chi connectivity index (χ4n) is 8.55. The number of rotatable bonds is 24. The molecule has 0 spiro atoms. The molecule has 6 heterocycles. The summed E-state index contributed by atoms with van der Waals surface area (Å²) in [6, 6.07) is -1.04. The highest BCUT2D eigenvalue weighted by Gasteiger charge is 2.56. The summed E-state index contributed by atoms with van der Waals surface area (Å²) in [5.41, 5.74) is 7.70. The van der Waals surface area contributed by atoms with Gasteiger partial charge >= 0.3 is 53.3 Å². The van der Waals surface area contributed by atoms with Gasteiger partial charge in [0.25, 0.3) is 5.56 Å². The fraction of sp³-hybridized carbons (Fsp3) is 0.857. The average Bonchev–Trinajstić information content (AvgIpc) is 3.74. The first-order valence-electron chi connectivity index (χ1n) is 22.7. The Morgan fingerprint density at radius 3 is 1.98 bits per heavy atom. The summed E-state index contributed by atoms with van der Waals surface area (Å²) in [5.74, 6) is -1.19. The van der Waals surface area contributed by atoms with Gasteiger partial charge in [0.05, 0.1) is 44.7 Å². The number of ether oxygens (including phenoxy) is 10. The number of azide groups is 1. The van der Waals surface area contributed by atoms with E-state index in [1.807, 2.05) is 0 Å². The third-order valence-electron chi connectivity index (χ3n) is 12.1. The molecule has 6 rings (SSSR count). The van der Waals surface area contributed by atoms with Gasteiger partial charge < -0.3 is 83.1 Å². The van der Waals surface area contributed by atoms with Gasteiger partial charge in [-0.05, 0) is 12.5 Å². The lowest BCUT2D eigenvalue weighted by Gasteiger charge is -2.47. The number of aliphatic hydroxyl groups is 7. The number of hydrogen-bond acceptors (Lipinski definition) is 33. The van der Waals surface area contributed by atoms with Crippen LogP contribution >= 0.6 is 0 Å². The smallest absolute Gasteiger partial charge is 0.397 e. The van der Waals surface area contributed by atoms with E-state index in [-0.39, 0.29) is 12.0 Å². The topological polar surface area (TPSA) is 609 Å². The first-order chi connectivity index (χ1) is 37.1. The van der Waals surface area contributed by atoms with Gasteiger partial charge in [-0.15, -0.1) is 0 Å². The SMILES string of the molecule is Cc1cn([C@H]2C[C@H](N=[N+]=[N-])C(COC(=O)COC[C@H]3O[C@@H](O[C@@H]4OC[C@@H](O[C@H]5[C@@H](OS(=O)(=O)O)[C@@H](OS(=O)(=O)O)[C@H](O)O[C@@H]5CO)[C@H](O)[C@H]4O)[C@H](O)[C@@H](O)[C@@H]3O[C@@H]3O[C@H](COS(=O)(=O)O)C[C@H](O)[C@H]3OS(=O)(=O)O)O2)c(=O)[nH]c1=O. The molecule has 0 radical (unpaired) electrons. The highest BCUT2D eigenvalue weighted by molar-refractivity contribution is 7.81. The average molecular weight is 1250 g/mol. The van der Waals surface area contributed by atoms with Gasteiger partial charge in [0, 0.05) is 29.5 Å². The summed E-state index contributed by atoms with van der Waals surface area (Å²) in [5, 5.41) is 79.9. The van der Waals surface area contributed by atoms with Gasteiger partial charge in [0.2, 0.25) is 0 Å². The Hall–Kier alpha value is -3.70. The highest BCUT2D eigenvalue weighted by Crippen LogP contribution is 2.36. The number of nitrogens with one attached hydrogen (secondary N) is 1. The fourth-order valence-corrected chi connectivity index (χ4v) is 10.4. The van der Waals surface area contributed by atoms with E-state index in [9.17, 15) is 97.5 Å². The van der Waals surface area contributed by atoms with Crippen molar-refractivity contribution in [2.75, 3.05) is 39.6 Å². The van der Waals surface area contributed by atoms with E-state index in [0.29, 0.717) is 0 Å². The minimum atomic E-state index is -5.65. The quantitative estimate of drug-likeness (QED) is 0.0150. The second-order valence-electron chi connectivity index (χ2n) is 17.8. The standard InChI is InChI=1S/C35H53N5O36S4/c1-11-4-40(35(50)37-30(11)48)19-3-13(38-39-36)16(68-19)8-64-20(43)10-63-7-18-26(72-34-25(74-78(54,55)56)14(42)2-12(67-34)6-66-77(51,52)53)22(45)24(47)33(71-18)73-32-23(46)21(44)17(9-65-32)69-27-15(5-41)70-31(49)29(76-80(60,61)62)28(27)75-79(57,58)59/h4,12-19,21-29,31-34,41-42,44-47,49H,2-3,5-10H2,1H3,(H,37,48,50)(H,51,52,53)(H,54,55,56)(H,57,58,59)(H,60,61,62)/t12-,13-,14-,15+,16?,17+,18+,19+,21-,22+,23+,24+,25+,26+,27+,28+,29+,31+,32-,33-,34-/m0/s1. The molecule has 45 heteroatoms. The Morgan fingerprint density at radius 1 is 0.713 bits per heavy atom. The molecule has 1 aromatic heterocycles. The zero-order valence-corrected chi connectivity index (χ0v) is 43.7. The van der Waals surface area contributed by atoms with E-state index >= 15 is 0 Å². The molecule has 12 N–H and O–H groups in total. The van der Waals surface area contributed by atoms with Crippen molar-refractivity contribution in [3.8, 4) is 0 Å². The number of carbonyl (C=O) groups excluding carboxylic acids is 1. The largest absolute Gasteiger partial charge is 0.461 e. The van der Waals surface area contributed by atoms with E-state index < -0.39 is 234 Å². The summed E-state index contributed by atoms with van der Waals surface area (Å²) in [6.07, 6.45) is -42.1. The zero-order valence-electron chi connectivity index (χ0n) is 40.4. The summed E-state index contributed by atoms with van der Waals surface area (Å²) in [6.45, 7) is -4.54. The van der Waals surface area contributed by atoms with E-state index in [0.717, 1.165) is 4.57 Å². The van der Waals surface area contributed by atoms with Crippen molar-refractivity contribution < 1.29 is 157 Å². The summed E-state index contributed by atoms with van der Waals surface area (Å²) in [7, 11) is -21.9. The number of aromatic amines is 1. The highest BCUT2D eigenvalue weighted by atomic mass is 32.3. The van der Waals surface area contributed by atoms with Crippen LogP contribution in [0.3, 0.4) is 0 Å². The first-order valence-corrected chi connectivity index (χ1v) is 28.2. The Bertz CT molecular complexity index is 2930. The first kappa shape index (κ1) is 65.5. The number of aromatic nitrogens is 2. The molecule has 21 atom stereocenters. The molecule has 0 bridgehead atoms. The van der Waals surface area contributed by atoms with E-state index in [1.165, 1.54) is 13.1 Å². The van der Waals surface area contributed by atoms with Crippen LogP contribution in [0.2, 0.25) is 0 Å². The van der Waals surface area contributed by atoms with Crippen LogP contribution < -0.4 is 11.2 Å². The van der Waals surface area contributed by atoms with Gasteiger partial charge in [-0.2, -0.15) is 33.7 Å². The maximum atomic E-state index is 13.0. The minimum absolute atomic E-state index is 0.120. The van der Waals surface area contributed by atoms with Crippen LogP contribution in [0.5, 0.6) is 0 Å². The number of esters is 1. The third kappa shape index (κ3) is 17.7. The van der Waals surface area contributed by atoms with Crippen molar-refractivity contribution >= 4 is 47.6 Å². The monoisotopic (exact) mass is 1250 g/mol. The predicted molar refractivity (Wildman–Crippen MR) is 240 cm³/mol. The minimum Gasteiger partial charge on any atom is -0.461 e. The van der Waals surface area contributed by atoms with Gasteiger partial charge in [-0.3, -0.25) is 32.6 Å². The molecular formula is C35H53N5O36S4. The molecule has 80 heavy (non-hydrogen) atoms. The van der Waals surface area contributed by atoms with Crippen molar-refractivity contribution in [1.82, 2.24) is 9.55 Å². The summed E-state index contributed by atoms with van der Waals surface area (Å²) >= 11 is 0. The second-order valence-corrected chi connectivity index (χ2v) is 22.0. The normalized spacial score (nSPS) is 37.4. The van der Waals surface area contributed by atoms with Crippen molar-refractivity contribution in [3.63, 3.8) is 0 Å². The lowest BCUT2D eigenvalue weighted by atomic mass is 9.97. The molecule has 5 aliphatic heterocycles. The molecule has 1 unspecified atom stereocenters. The molecule has 5 fully saturated rings. The van der Waals surface area contributed by atoms with Crippen molar-refractivity contribution in [2.24, 2.45) is 5.11 Å². The maximum absolute atomic E-state index is 13.0. The van der Waals surface area contributed by atoms with Gasteiger partial charge in [0.15, 0.2) is 37.4 Å². The van der Waals surface area contributed by atoms with Crippen LogP contribution in [-0.4, -0.2) is 266 Å². The lowest BCUT2D eigenvalue weighted by molar-refractivity contribution is -0.385. The Labute approximate surface area is 448 Å². The van der Waals surface area contributed by atoms with Crippen LogP contribution in [0.4, 0.5) is 0 Å². The van der Waals surface area contributed by atoms with Crippen molar-refractivity contribution in [2.45, 2.75) is 149 Å². The molecule has 0 saturated carbocycles. The van der Waals surface area contributed by atoms with E-state index in [2.05, 4.69) is 31.7 Å². The molecule has 5 saturated heterocycles. The van der Waals surface area contributed by atoms with E-state index in [1.54, 1.807) is 0 Å². The molecule has 0 aromatic carbocycles. The third-order valence-corrected chi connectivity index (χ3v) is 13.9. The number of carbonyl (C=O) groups is 1. The van der Waals surface area contributed by atoms with Gasteiger partial charge in [0.1, 0.15) is 86.6 Å². The number of aliphatic hydroxyl groups excluding tert-OH is 7. The number of nitrogens with zero attached hydrogens (tertiary/aromatic N) is 4. The Morgan fingerprint density at radius 2 is 1.35 bits per heavy atom. The molecular weight excluding hydrogens is 1190 g/mol. The van der Waals surface area contributed by atoms with Crippen LogP contribution in [-0.2, 0) is 110 Å². The van der Waals surface area contributed by atoms with Gasteiger partial charge in [-0.1, -0.05) is 5.11 Å². The van der Waals surface area contributed by atoms with Gasteiger partial charge in [-0.25, -0.2) is 26.3 Å². The van der Waals surface area contributed by atoms with Crippen LogP contribution in [0.25, 0.3) is 10.4 Å². The Balaban J connectivity index is 1.19. The van der Waals surface area contributed by atoms with E-state index in [4.69, 9.17) is 57.5 Å². The van der Waals surface area contributed by atoms with Crippen molar-refractivity contribution in [3.05, 3.63) is 43.0 Å². The molecule has 1 aromatic rings.